The Hall–Kier alpha value is 0.248. The van der Waals surface area contributed by atoms with Crippen LogP contribution in [0.1, 0.15) is 0 Å². The molecule has 0 fully saturated rings. The molecule has 0 nitrogen and oxygen atoms in total. The maximum atomic E-state index is 3.83. The molecule has 0 amide bonds. The fourth-order valence-electron chi connectivity index (χ4n) is 1.54. The zero-order valence-electron chi connectivity index (χ0n) is 8.79. The van der Waals surface area contributed by atoms with E-state index in [1.165, 1.54) is 20.8 Å². The van der Waals surface area contributed by atoms with E-state index < -0.39 is 13.6 Å². The first-order valence-corrected chi connectivity index (χ1v) is 9.84. The molecule has 0 aliphatic carbocycles. The standard InChI is InChI=1S/C12H20As.HI/c1-5-9-13(10-6-2,11-7-3)12-8-4;/h5-8H,1-4,9-12H2;1H/q+1;/p-1. The van der Waals surface area contributed by atoms with Crippen LogP contribution in [-0.4, -0.2) is 13.6 Å². The molecule has 0 aliphatic heterocycles. The first kappa shape index (κ1) is 16.7. The van der Waals surface area contributed by atoms with E-state index in [9.17, 15) is 0 Å². The van der Waals surface area contributed by atoms with Gasteiger partial charge in [-0.05, 0) is 0 Å². The van der Waals surface area contributed by atoms with Crippen LogP contribution in [0.4, 0.5) is 0 Å². The van der Waals surface area contributed by atoms with Crippen molar-refractivity contribution < 1.29 is 24.0 Å². The molecule has 0 radical (unpaired) electrons. The molecule has 14 heavy (non-hydrogen) atoms. The van der Waals surface area contributed by atoms with Crippen LogP contribution in [0.2, 0.25) is 20.8 Å². The second-order valence-electron chi connectivity index (χ2n) is 3.23. The number of hydrogen-bond acceptors (Lipinski definition) is 0. The van der Waals surface area contributed by atoms with Crippen LogP contribution < -0.4 is 24.0 Å². The normalized spacial score (nSPS) is 9.71. The minimum absolute atomic E-state index is 0. The zero-order valence-corrected chi connectivity index (χ0v) is 12.8. The molecule has 0 unspecified atom stereocenters. The molecule has 0 rings (SSSR count). The summed E-state index contributed by atoms with van der Waals surface area (Å²) < 4.78 is 0. The molecule has 0 bridgehead atoms. The third kappa shape index (κ3) is 5.87. The van der Waals surface area contributed by atoms with Crippen molar-refractivity contribution in [2.75, 3.05) is 0 Å². The summed E-state index contributed by atoms with van der Waals surface area (Å²) in [6, 6.07) is 0. The molecule has 0 atom stereocenters. The molecule has 0 aromatic heterocycles. The van der Waals surface area contributed by atoms with Crippen molar-refractivity contribution in [1.82, 2.24) is 0 Å². The van der Waals surface area contributed by atoms with Gasteiger partial charge < -0.3 is 24.0 Å². The van der Waals surface area contributed by atoms with E-state index in [2.05, 4.69) is 26.3 Å². The Morgan fingerprint density at radius 1 is 0.643 bits per heavy atom. The third-order valence-corrected chi connectivity index (χ3v) is 10.7. The number of hydrogen-bond donors (Lipinski definition) is 0. The van der Waals surface area contributed by atoms with Gasteiger partial charge in [-0.1, -0.05) is 0 Å². The zero-order chi connectivity index (χ0) is 10.2. The maximum absolute atomic E-state index is 3.83. The largest absolute Gasteiger partial charge is 1.00 e. The van der Waals surface area contributed by atoms with Crippen molar-refractivity contribution in [2.45, 2.75) is 20.8 Å². The molecule has 80 valence electrons. The van der Waals surface area contributed by atoms with Crippen molar-refractivity contribution in [3.05, 3.63) is 50.6 Å². The third-order valence-electron chi connectivity index (χ3n) is 2.07. The number of allylic oxidation sites excluding steroid dienone is 4. The summed E-state index contributed by atoms with van der Waals surface area (Å²) in [5.74, 6) is 0. The van der Waals surface area contributed by atoms with Crippen LogP contribution in [0.5, 0.6) is 0 Å². The van der Waals surface area contributed by atoms with Crippen molar-refractivity contribution in [3.8, 4) is 0 Å². The molecule has 0 N–H and O–H groups in total. The Bertz CT molecular complexity index is 151. The predicted molar refractivity (Wildman–Crippen MR) is 65.8 cm³/mol. The van der Waals surface area contributed by atoms with E-state index in [-0.39, 0.29) is 24.0 Å². The molecule has 0 aromatic carbocycles. The summed E-state index contributed by atoms with van der Waals surface area (Å²) in [6.45, 7) is 15.3. The van der Waals surface area contributed by atoms with Crippen LogP contribution >= 0.6 is 0 Å². The molecule has 0 saturated carbocycles. The minimum Gasteiger partial charge on any atom is -1.00 e. The van der Waals surface area contributed by atoms with Gasteiger partial charge in [-0.2, -0.15) is 0 Å². The van der Waals surface area contributed by atoms with Crippen molar-refractivity contribution in [1.29, 1.82) is 0 Å². The van der Waals surface area contributed by atoms with E-state index in [0.717, 1.165) is 0 Å². The second kappa shape index (κ2) is 9.79. The van der Waals surface area contributed by atoms with Crippen molar-refractivity contribution in [3.63, 3.8) is 0 Å². The molecule has 0 spiro atoms. The van der Waals surface area contributed by atoms with E-state index in [1.807, 2.05) is 24.3 Å². The van der Waals surface area contributed by atoms with E-state index in [1.54, 1.807) is 0 Å². The summed E-state index contributed by atoms with van der Waals surface area (Å²) in [5.41, 5.74) is 0. The molecule has 0 aromatic rings. The molecule has 0 saturated heterocycles. The van der Waals surface area contributed by atoms with E-state index in [4.69, 9.17) is 0 Å². The second-order valence-corrected chi connectivity index (χ2v) is 11.9. The van der Waals surface area contributed by atoms with Gasteiger partial charge in [0.15, 0.2) is 0 Å². The van der Waals surface area contributed by atoms with E-state index >= 15 is 0 Å². The smallest absolute Gasteiger partial charge is 1.00 e. The number of halogens is 1. The monoisotopic (exact) mass is 366 g/mol. The minimum atomic E-state index is -1.62. The average Bonchev–Trinajstić information content (AvgIpc) is 2.06. The predicted octanol–water partition coefficient (Wildman–Crippen LogP) is 1.18. The van der Waals surface area contributed by atoms with Crippen LogP contribution in [0.3, 0.4) is 0 Å². The van der Waals surface area contributed by atoms with Crippen LogP contribution in [0, 0.1) is 0 Å². The number of rotatable bonds is 8. The Labute approximate surface area is 108 Å². The summed E-state index contributed by atoms with van der Waals surface area (Å²) in [6.07, 6.45) is 8.18. The SMILES string of the molecule is C=CC[As+](CC=C)(CC=C)CC=C.[I-]. The molecule has 0 heterocycles. The van der Waals surface area contributed by atoms with Gasteiger partial charge in [0, 0.05) is 0 Å². The van der Waals surface area contributed by atoms with Gasteiger partial charge in [-0.15, -0.1) is 0 Å². The quantitative estimate of drug-likeness (QED) is 0.344. The van der Waals surface area contributed by atoms with Gasteiger partial charge in [0.2, 0.25) is 0 Å². The van der Waals surface area contributed by atoms with Gasteiger partial charge in [0.1, 0.15) is 0 Å². The summed E-state index contributed by atoms with van der Waals surface area (Å²) in [7, 11) is 0. The average molecular weight is 366 g/mol. The molecular weight excluding hydrogens is 346 g/mol. The Balaban J connectivity index is 0. The van der Waals surface area contributed by atoms with Gasteiger partial charge in [0.05, 0.1) is 0 Å². The van der Waals surface area contributed by atoms with Crippen molar-refractivity contribution >= 4 is 13.6 Å². The fraction of sp³-hybridized carbons (Fsp3) is 0.333. The first-order valence-electron chi connectivity index (χ1n) is 4.53. The fourth-order valence-corrected chi connectivity index (χ4v) is 8.02. The van der Waals surface area contributed by atoms with E-state index in [0.29, 0.717) is 0 Å². The Kier molecular flexibility index (Phi) is 11.7. The van der Waals surface area contributed by atoms with Crippen LogP contribution in [-0.2, 0) is 0 Å². The molecular formula is C12H20AsI. The Morgan fingerprint density at radius 3 is 1.00 bits per heavy atom. The van der Waals surface area contributed by atoms with Crippen molar-refractivity contribution in [2.24, 2.45) is 0 Å². The van der Waals surface area contributed by atoms with Gasteiger partial charge >= 0.3 is 85.0 Å². The summed E-state index contributed by atoms with van der Waals surface area (Å²) >= 11 is -1.62. The summed E-state index contributed by atoms with van der Waals surface area (Å²) in [5, 5.41) is 4.68. The van der Waals surface area contributed by atoms with Crippen LogP contribution in [0.15, 0.2) is 50.6 Å². The first-order chi connectivity index (χ1) is 6.24. The topological polar surface area (TPSA) is 0 Å². The summed E-state index contributed by atoms with van der Waals surface area (Å²) in [4.78, 5) is 0. The maximum Gasteiger partial charge on any atom is -1.00 e. The van der Waals surface area contributed by atoms with Crippen LogP contribution in [0.25, 0.3) is 0 Å². The molecule has 2 heteroatoms. The van der Waals surface area contributed by atoms with Gasteiger partial charge in [-0.3, -0.25) is 0 Å². The van der Waals surface area contributed by atoms with Gasteiger partial charge in [-0.25, -0.2) is 0 Å². The molecule has 0 aliphatic rings. The Morgan fingerprint density at radius 2 is 0.857 bits per heavy atom. The van der Waals surface area contributed by atoms with Gasteiger partial charge in [0.25, 0.3) is 0 Å².